The first kappa shape index (κ1) is 10.4. The van der Waals surface area contributed by atoms with Gasteiger partial charge in [0.25, 0.3) is 0 Å². The van der Waals surface area contributed by atoms with Crippen molar-refractivity contribution in [1.82, 2.24) is 9.97 Å². The molecular formula is C11H17N3O. The van der Waals surface area contributed by atoms with Crippen LogP contribution in [-0.4, -0.2) is 28.2 Å². The third-order valence-corrected chi connectivity index (χ3v) is 2.90. The first-order valence-corrected chi connectivity index (χ1v) is 5.31. The van der Waals surface area contributed by atoms with Gasteiger partial charge in [0.1, 0.15) is 0 Å². The van der Waals surface area contributed by atoms with Crippen molar-refractivity contribution in [2.45, 2.75) is 26.7 Å². The summed E-state index contributed by atoms with van der Waals surface area (Å²) in [4.78, 5) is 8.59. The van der Waals surface area contributed by atoms with Gasteiger partial charge in [-0.25, -0.2) is 9.97 Å². The predicted octanol–water partition coefficient (Wildman–Crippen LogP) is 1.28. The van der Waals surface area contributed by atoms with E-state index in [2.05, 4.69) is 15.3 Å². The monoisotopic (exact) mass is 207 g/mol. The number of rotatable bonds is 4. The van der Waals surface area contributed by atoms with Gasteiger partial charge in [-0.1, -0.05) is 0 Å². The third-order valence-electron chi connectivity index (χ3n) is 2.90. The number of hydrogen-bond acceptors (Lipinski definition) is 4. The highest BCUT2D eigenvalue weighted by molar-refractivity contribution is 5.28. The number of hydrogen-bond donors (Lipinski definition) is 2. The van der Waals surface area contributed by atoms with Gasteiger partial charge in [-0.3, -0.25) is 0 Å². The van der Waals surface area contributed by atoms with Crippen LogP contribution in [0, 0.1) is 19.3 Å². The highest BCUT2D eigenvalue weighted by Gasteiger charge is 2.41. The Labute approximate surface area is 89.8 Å². The fraction of sp³-hybridized carbons (Fsp3) is 0.636. The number of nitrogens with zero attached hydrogens (tertiary/aromatic N) is 2. The van der Waals surface area contributed by atoms with E-state index in [-0.39, 0.29) is 12.0 Å². The van der Waals surface area contributed by atoms with Crippen LogP contribution in [0.2, 0.25) is 0 Å². The molecule has 0 spiro atoms. The van der Waals surface area contributed by atoms with Crippen LogP contribution in [0.5, 0.6) is 0 Å². The van der Waals surface area contributed by atoms with Crippen LogP contribution in [0.25, 0.3) is 0 Å². The Morgan fingerprint density at radius 2 is 1.93 bits per heavy atom. The van der Waals surface area contributed by atoms with E-state index >= 15 is 0 Å². The molecule has 0 bridgehead atoms. The second kappa shape index (κ2) is 3.77. The summed E-state index contributed by atoms with van der Waals surface area (Å²) in [6.45, 7) is 4.94. The molecule has 1 fully saturated rings. The molecule has 82 valence electrons. The minimum absolute atomic E-state index is 0.0982. The molecule has 4 nitrogen and oxygen atoms in total. The normalized spacial score (nSPS) is 17.5. The van der Waals surface area contributed by atoms with Crippen LogP contribution in [0.15, 0.2) is 6.07 Å². The van der Waals surface area contributed by atoms with Gasteiger partial charge in [-0.05, 0) is 32.8 Å². The fourth-order valence-corrected chi connectivity index (χ4v) is 1.64. The molecule has 0 aromatic carbocycles. The van der Waals surface area contributed by atoms with Crippen molar-refractivity contribution in [1.29, 1.82) is 0 Å². The first-order valence-electron chi connectivity index (χ1n) is 5.31. The Hall–Kier alpha value is -1.16. The molecule has 1 aromatic heterocycles. The summed E-state index contributed by atoms with van der Waals surface area (Å²) in [6, 6.07) is 1.95. The van der Waals surface area contributed by atoms with Crippen LogP contribution >= 0.6 is 0 Å². The van der Waals surface area contributed by atoms with E-state index in [9.17, 15) is 0 Å². The Bertz CT molecular complexity index is 341. The molecule has 0 amide bonds. The largest absolute Gasteiger partial charge is 0.396 e. The summed E-state index contributed by atoms with van der Waals surface area (Å²) in [5.74, 6) is 0.673. The Balaban J connectivity index is 1.99. The lowest BCUT2D eigenvalue weighted by Gasteiger charge is -2.13. The molecule has 15 heavy (non-hydrogen) atoms. The Morgan fingerprint density at radius 1 is 1.33 bits per heavy atom. The predicted molar refractivity (Wildman–Crippen MR) is 58.7 cm³/mol. The molecule has 1 heterocycles. The smallest absolute Gasteiger partial charge is 0.223 e. The molecule has 0 radical (unpaired) electrons. The molecule has 1 aliphatic carbocycles. The number of aromatic nitrogens is 2. The van der Waals surface area contributed by atoms with E-state index in [1.807, 2.05) is 19.9 Å². The van der Waals surface area contributed by atoms with Crippen LogP contribution in [0.1, 0.15) is 24.2 Å². The van der Waals surface area contributed by atoms with E-state index in [0.717, 1.165) is 30.8 Å². The topological polar surface area (TPSA) is 58.0 Å². The van der Waals surface area contributed by atoms with Gasteiger partial charge < -0.3 is 10.4 Å². The van der Waals surface area contributed by atoms with Gasteiger partial charge in [0, 0.05) is 23.3 Å². The molecule has 0 saturated heterocycles. The van der Waals surface area contributed by atoms with Gasteiger partial charge in [0.05, 0.1) is 6.61 Å². The molecule has 2 N–H and O–H groups in total. The lowest BCUT2D eigenvalue weighted by Crippen LogP contribution is -2.20. The van der Waals surface area contributed by atoms with Crippen molar-refractivity contribution in [3.8, 4) is 0 Å². The summed E-state index contributed by atoms with van der Waals surface area (Å²) in [6.07, 6.45) is 2.20. The minimum Gasteiger partial charge on any atom is -0.396 e. The Morgan fingerprint density at radius 3 is 2.40 bits per heavy atom. The zero-order chi connectivity index (χ0) is 10.9. The molecule has 4 heteroatoms. The van der Waals surface area contributed by atoms with Crippen molar-refractivity contribution in [2.24, 2.45) is 5.41 Å². The van der Waals surface area contributed by atoms with E-state index < -0.39 is 0 Å². The zero-order valence-corrected chi connectivity index (χ0v) is 9.25. The van der Waals surface area contributed by atoms with Crippen LogP contribution in [0.3, 0.4) is 0 Å². The fourth-order valence-electron chi connectivity index (χ4n) is 1.64. The standard InChI is InChI=1S/C11H17N3O/c1-8-5-9(2)14-10(13-8)12-6-11(7-15)3-4-11/h5,15H,3-4,6-7H2,1-2H3,(H,12,13,14). The summed E-state index contributed by atoms with van der Waals surface area (Å²) < 4.78 is 0. The Kier molecular flexibility index (Phi) is 2.61. The van der Waals surface area contributed by atoms with Crippen molar-refractivity contribution >= 4 is 5.95 Å². The van der Waals surface area contributed by atoms with Crippen LogP contribution in [0.4, 0.5) is 5.95 Å². The summed E-state index contributed by atoms with van der Waals surface area (Å²) in [5.41, 5.74) is 2.04. The SMILES string of the molecule is Cc1cc(C)nc(NCC2(CO)CC2)n1. The number of aliphatic hydroxyl groups is 1. The summed E-state index contributed by atoms with van der Waals surface area (Å²) in [7, 11) is 0. The number of aliphatic hydroxyl groups excluding tert-OH is 1. The van der Waals surface area contributed by atoms with Crippen molar-refractivity contribution in [3.05, 3.63) is 17.5 Å². The van der Waals surface area contributed by atoms with Crippen molar-refractivity contribution < 1.29 is 5.11 Å². The molecule has 0 atom stereocenters. The third kappa shape index (κ3) is 2.45. The van der Waals surface area contributed by atoms with Gasteiger partial charge in [0.2, 0.25) is 5.95 Å². The van der Waals surface area contributed by atoms with E-state index in [1.165, 1.54) is 0 Å². The summed E-state index contributed by atoms with van der Waals surface area (Å²) in [5, 5.41) is 12.4. The van der Waals surface area contributed by atoms with Gasteiger partial charge in [-0.2, -0.15) is 0 Å². The molecule has 0 aliphatic heterocycles. The quantitative estimate of drug-likeness (QED) is 0.780. The molecule has 1 aromatic rings. The minimum atomic E-state index is 0.0982. The first-order chi connectivity index (χ1) is 7.13. The molecule has 0 unspecified atom stereocenters. The molecular weight excluding hydrogens is 190 g/mol. The number of anilines is 1. The van der Waals surface area contributed by atoms with Gasteiger partial charge in [-0.15, -0.1) is 0 Å². The zero-order valence-electron chi connectivity index (χ0n) is 9.25. The van der Waals surface area contributed by atoms with E-state index in [0.29, 0.717) is 5.95 Å². The highest BCUT2D eigenvalue weighted by Crippen LogP contribution is 2.44. The maximum absolute atomic E-state index is 9.16. The lowest BCUT2D eigenvalue weighted by atomic mass is 10.1. The van der Waals surface area contributed by atoms with Crippen molar-refractivity contribution in [3.63, 3.8) is 0 Å². The lowest BCUT2D eigenvalue weighted by molar-refractivity contribution is 0.219. The second-order valence-electron chi connectivity index (χ2n) is 4.49. The molecule has 1 aliphatic rings. The van der Waals surface area contributed by atoms with Crippen LogP contribution in [-0.2, 0) is 0 Å². The highest BCUT2D eigenvalue weighted by atomic mass is 16.3. The van der Waals surface area contributed by atoms with E-state index in [4.69, 9.17) is 5.11 Å². The molecule has 1 saturated carbocycles. The maximum Gasteiger partial charge on any atom is 0.223 e. The average molecular weight is 207 g/mol. The average Bonchev–Trinajstić information content (AvgIpc) is 2.94. The second-order valence-corrected chi connectivity index (χ2v) is 4.49. The van der Waals surface area contributed by atoms with Crippen LogP contribution < -0.4 is 5.32 Å². The van der Waals surface area contributed by atoms with Gasteiger partial charge in [0.15, 0.2) is 0 Å². The van der Waals surface area contributed by atoms with Crippen molar-refractivity contribution in [2.75, 3.05) is 18.5 Å². The summed E-state index contributed by atoms with van der Waals surface area (Å²) >= 11 is 0. The number of nitrogens with one attached hydrogen (secondary N) is 1. The van der Waals surface area contributed by atoms with Gasteiger partial charge >= 0.3 is 0 Å². The van der Waals surface area contributed by atoms with E-state index in [1.54, 1.807) is 0 Å². The maximum atomic E-state index is 9.16. The number of aryl methyl sites for hydroxylation is 2. The molecule has 2 rings (SSSR count).